The zero-order chi connectivity index (χ0) is 5.44. The maximum atomic E-state index is 9.97. The monoisotopic (exact) mass is 100 g/mol. The molecule has 0 spiro atoms. The normalized spacial score (nSPS) is 37.9. The Morgan fingerprint density at radius 2 is 2.29 bits per heavy atom. The third-order valence-electron chi connectivity index (χ3n) is 1.43. The molecule has 0 aliphatic heterocycles. The molecule has 1 aliphatic rings. The molecule has 1 saturated carbocycles. The summed E-state index contributed by atoms with van der Waals surface area (Å²) in [6.07, 6.45) is 0.884. The third-order valence-corrected chi connectivity index (χ3v) is 1.43. The standard InChI is InChI=1S/C5H8O2/c1-3-2-4(3)5(6)7/h3-4H,2H2,1H3,(H,6,7)/t3-,4?/m1/s1. The van der Waals surface area contributed by atoms with Gasteiger partial charge in [-0.15, -0.1) is 0 Å². The van der Waals surface area contributed by atoms with Crippen molar-refractivity contribution in [3.63, 3.8) is 0 Å². The summed E-state index contributed by atoms with van der Waals surface area (Å²) >= 11 is 0. The quantitative estimate of drug-likeness (QED) is 0.527. The van der Waals surface area contributed by atoms with Crippen LogP contribution in [-0.4, -0.2) is 11.1 Å². The summed E-state index contributed by atoms with van der Waals surface area (Å²) in [6.45, 7) is 1.96. The lowest BCUT2D eigenvalue weighted by atomic mass is 10.3. The lowest BCUT2D eigenvalue weighted by molar-refractivity contribution is -0.138. The highest BCUT2D eigenvalue weighted by molar-refractivity contribution is 5.73. The van der Waals surface area contributed by atoms with Crippen molar-refractivity contribution in [1.29, 1.82) is 0 Å². The molecular weight excluding hydrogens is 92.1 g/mol. The molecule has 0 amide bonds. The minimum atomic E-state index is -0.632. The Labute approximate surface area is 42.1 Å². The van der Waals surface area contributed by atoms with Gasteiger partial charge in [-0.3, -0.25) is 4.79 Å². The summed E-state index contributed by atoms with van der Waals surface area (Å²) in [5, 5.41) is 8.22. The van der Waals surface area contributed by atoms with Crippen LogP contribution in [0.4, 0.5) is 0 Å². The minimum Gasteiger partial charge on any atom is -0.481 e. The smallest absolute Gasteiger partial charge is 0.306 e. The van der Waals surface area contributed by atoms with Gasteiger partial charge in [-0.2, -0.15) is 0 Å². The van der Waals surface area contributed by atoms with Gasteiger partial charge in [0.1, 0.15) is 0 Å². The molecule has 7 heavy (non-hydrogen) atoms. The first-order chi connectivity index (χ1) is 3.22. The molecule has 1 rings (SSSR count). The van der Waals surface area contributed by atoms with E-state index in [1.165, 1.54) is 0 Å². The molecule has 0 heterocycles. The highest BCUT2D eigenvalue weighted by Crippen LogP contribution is 2.37. The number of aliphatic carboxylic acids is 1. The molecule has 2 heteroatoms. The van der Waals surface area contributed by atoms with Crippen molar-refractivity contribution < 1.29 is 9.90 Å². The molecule has 1 unspecified atom stereocenters. The van der Waals surface area contributed by atoms with Gasteiger partial charge in [0, 0.05) is 0 Å². The molecule has 0 aromatic rings. The fourth-order valence-electron chi connectivity index (χ4n) is 0.666. The van der Waals surface area contributed by atoms with Gasteiger partial charge in [-0.25, -0.2) is 0 Å². The fraction of sp³-hybridized carbons (Fsp3) is 0.800. The lowest BCUT2D eigenvalue weighted by Crippen LogP contribution is -1.97. The van der Waals surface area contributed by atoms with Crippen molar-refractivity contribution in [1.82, 2.24) is 0 Å². The van der Waals surface area contributed by atoms with Gasteiger partial charge in [-0.1, -0.05) is 6.92 Å². The Bertz CT molecular complexity index is 98.3. The van der Waals surface area contributed by atoms with Gasteiger partial charge >= 0.3 is 5.97 Å². The van der Waals surface area contributed by atoms with Crippen molar-refractivity contribution in [3.05, 3.63) is 0 Å². The van der Waals surface area contributed by atoms with Gasteiger partial charge in [0.25, 0.3) is 0 Å². The number of carboxylic acids is 1. The Kier molecular flexibility index (Phi) is 0.805. The Hall–Kier alpha value is -0.530. The first-order valence-electron chi connectivity index (χ1n) is 2.44. The van der Waals surface area contributed by atoms with Gasteiger partial charge in [0.15, 0.2) is 0 Å². The van der Waals surface area contributed by atoms with Gasteiger partial charge in [0.05, 0.1) is 5.92 Å². The van der Waals surface area contributed by atoms with Crippen LogP contribution in [0.15, 0.2) is 0 Å². The second-order valence-corrected chi connectivity index (χ2v) is 2.16. The van der Waals surface area contributed by atoms with E-state index in [1.807, 2.05) is 6.92 Å². The fourth-order valence-corrected chi connectivity index (χ4v) is 0.666. The molecule has 1 N–H and O–H groups in total. The van der Waals surface area contributed by atoms with Crippen molar-refractivity contribution >= 4 is 5.97 Å². The van der Waals surface area contributed by atoms with E-state index in [0.717, 1.165) is 6.42 Å². The highest BCUT2D eigenvalue weighted by atomic mass is 16.4. The summed E-state index contributed by atoms with van der Waals surface area (Å²) in [6, 6.07) is 0. The molecule has 0 bridgehead atoms. The Balaban J connectivity index is 2.33. The average molecular weight is 100 g/mol. The van der Waals surface area contributed by atoms with Crippen LogP contribution < -0.4 is 0 Å². The van der Waals surface area contributed by atoms with Gasteiger partial charge in [-0.05, 0) is 12.3 Å². The molecule has 0 aromatic heterocycles. The van der Waals surface area contributed by atoms with E-state index in [1.54, 1.807) is 0 Å². The first kappa shape index (κ1) is 4.62. The van der Waals surface area contributed by atoms with Crippen LogP contribution in [0.25, 0.3) is 0 Å². The van der Waals surface area contributed by atoms with E-state index in [4.69, 9.17) is 5.11 Å². The molecule has 0 saturated heterocycles. The Morgan fingerprint density at radius 3 is 2.29 bits per heavy atom. The van der Waals surface area contributed by atoms with E-state index < -0.39 is 5.97 Å². The molecule has 0 radical (unpaired) electrons. The Morgan fingerprint density at radius 1 is 1.86 bits per heavy atom. The van der Waals surface area contributed by atoms with Crippen molar-refractivity contribution in [2.24, 2.45) is 11.8 Å². The van der Waals surface area contributed by atoms with E-state index in [9.17, 15) is 4.79 Å². The largest absolute Gasteiger partial charge is 0.481 e. The number of rotatable bonds is 1. The summed E-state index contributed by atoms with van der Waals surface area (Å²) in [7, 11) is 0. The van der Waals surface area contributed by atoms with Crippen LogP contribution in [0.5, 0.6) is 0 Å². The molecule has 1 aliphatic carbocycles. The van der Waals surface area contributed by atoms with Gasteiger partial charge in [0.2, 0.25) is 0 Å². The number of hydrogen-bond donors (Lipinski definition) is 1. The predicted octanol–water partition coefficient (Wildman–Crippen LogP) is 0.727. The van der Waals surface area contributed by atoms with Crippen LogP contribution in [-0.2, 0) is 4.79 Å². The number of carboxylic acid groups (broad SMARTS) is 1. The average Bonchev–Trinajstić information content (AvgIpc) is 2.17. The minimum absolute atomic E-state index is 0.0139. The molecule has 2 atom stereocenters. The van der Waals surface area contributed by atoms with E-state index in [-0.39, 0.29) is 5.92 Å². The van der Waals surface area contributed by atoms with Crippen LogP contribution in [0, 0.1) is 11.8 Å². The summed E-state index contributed by atoms with van der Waals surface area (Å²) in [5.41, 5.74) is 0. The molecule has 2 nitrogen and oxygen atoms in total. The highest BCUT2D eigenvalue weighted by Gasteiger charge is 2.38. The zero-order valence-electron chi connectivity index (χ0n) is 4.22. The zero-order valence-corrected chi connectivity index (χ0v) is 4.22. The molecule has 0 aromatic carbocycles. The van der Waals surface area contributed by atoms with Gasteiger partial charge < -0.3 is 5.11 Å². The molecular formula is C5H8O2. The first-order valence-corrected chi connectivity index (χ1v) is 2.44. The maximum absolute atomic E-state index is 9.97. The maximum Gasteiger partial charge on any atom is 0.306 e. The third kappa shape index (κ3) is 0.734. The van der Waals surface area contributed by atoms with Crippen molar-refractivity contribution in [2.75, 3.05) is 0 Å². The molecule has 40 valence electrons. The lowest BCUT2D eigenvalue weighted by Gasteiger charge is -1.79. The summed E-state index contributed by atoms with van der Waals surface area (Å²) in [5.74, 6) is -0.204. The van der Waals surface area contributed by atoms with Crippen LogP contribution >= 0.6 is 0 Å². The van der Waals surface area contributed by atoms with E-state index in [0.29, 0.717) is 5.92 Å². The topological polar surface area (TPSA) is 37.3 Å². The van der Waals surface area contributed by atoms with Crippen LogP contribution in [0.2, 0.25) is 0 Å². The van der Waals surface area contributed by atoms with Crippen LogP contribution in [0.3, 0.4) is 0 Å². The number of carbonyl (C=O) groups is 1. The SMILES string of the molecule is C[C@@H]1CC1C(=O)O. The van der Waals surface area contributed by atoms with Crippen molar-refractivity contribution in [3.8, 4) is 0 Å². The molecule has 1 fully saturated rings. The second-order valence-electron chi connectivity index (χ2n) is 2.16. The van der Waals surface area contributed by atoms with E-state index in [2.05, 4.69) is 0 Å². The second kappa shape index (κ2) is 1.22. The number of hydrogen-bond acceptors (Lipinski definition) is 1. The van der Waals surface area contributed by atoms with E-state index >= 15 is 0 Å². The predicted molar refractivity (Wildman–Crippen MR) is 24.9 cm³/mol. The van der Waals surface area contributed by atoms with Crippen molar-refractivity contribution in [2.45, 2.75) is 13.3 Å². The summed E-state index contributed by atoms with van der Waals surface area (Å²) in [4.78, 5) is 9.97. The van der Waals surface area contributed by atoms with Crippen LogP contribution in [0.1, 0.15) is 13.3 Å². The summed E-state index contributed by atoms with van der Waals surface area (Å²) < 4.78 is 0.